The lowest BCUT2D eigenvalue weighted by Crippen LogP contribution is -2.65. The van der Waals surface area contributed by atoms with Gasteiger partial charge in [-0.3, -0.25) is 25.0 Å². The summed E-state index contributed by atoms with van der Waals surface area (Å²) < 4.78 is 0. The van der Waals surface area contributed by atoms with Gasteiger partial charge in [-0.05, 0) is 5.92 Å². The number of hydrogen-bond acceptors (Lipinski definition) is 4. The van der Waals surface area contributed by atoms with Crippen LogP contribution in [0.4, 0.5) is 4.79 Å². The summed E-state index contributed by atoms with van der Waals surface area (Å²) in [5.74, 6) is -3.43. The van der Waals surface area contributed by atoms with Gasteiger partial charge in [0.25, 0.3) is 0 Å². The minimum atomic E-state index is -1.71. The topological polar surface area (TPSA) is 113 Å². The van der Waals surface area contributed by atoms with Gasteiger partial charge in [-0.25, -0.2) is 4.79 Å². The molecular formula is C10H14N2O5. The third-order valence-electron chi connectivity index (χ3n) is 3.15. The van der Waals surface area contributed by atoms with Crippen LogP contribution in [0.3, 0.4) is 0 Å². The molecule has 7 nitrogen and oxygen atoms in total. The van der Waals surface area contributed by atoms with Crippen molar-refractivity contribution >= 4 is 23.8 Å². The molecule has 0 aliphatic carbocycles. The number of amides is 4. The molecule has 0 radical (unpaired) electrons. The first-order valence-electron chi connectivity index (χ1n) is 5.23. The zero-order valence-corrected chi connectivity index (χ0v) is 9.57. The first-order chi connectivity index (χ1) is 7.84. The van der Waals surface area contributed by atoms with Crippen molar-refractivity contribution in [2.24, 2.45) is 11.3 Å². The molecule has 0 saturated carbocycles. The lowest BCUT2D eigenvalue weighted by molar-refractivity contribution is -0.156. The fourth-order valence-corrected chi connectivity index (χ4v) is 1.93. The normalized spacial score (nSPS) is 20.5. The summed E-state index contributed by atoms with van der Waals surface area (Å²) in [5, 5.41) is 12.7. The Morgan fingerprint density at radius 2 is 1.76 bits per heavy atom. The highest BCUT2D eigenvalue weighted by Crippen LogP contribution is 2.36. The molecule has 17 heavy (non-hydrogen) atoms. The second-order valence-corrected chi connectivity index (χ2v) is 4.09. The highest BCUT2D eigenvalue weighted by molar-refractivity contribution is 6.20. The Morgan fingerprint density at radius 3 is 2.12 bits per heavy atom. The molecule has 3 N–H and O–H groups in total. The lowest BCUT2D eigenvalue weighted by atomic mass is 9.70. The number of carboxylic acids is 1. The minimum Gasteiger partial charge on any atom is -0.481 e. The van der Waals surface area contributed by atoms with E-state index in [1.54, 1.807) is 13.8 Å². The SMILES string of the molecule is CCC(C)C1(CC(=O)O)C(=O)NC(=O)NC1=O. The third kappa shape index (κ3) is 2.13. The zero-order valence-electron chi connectivity index (χ0n) is 9.57. The van der Waals surface area contributed by atoms with Crippen molar-refractivity contribution in [1.82, 2.24) is 10.6 Å². The number of nitrogens with one attached hydrogen (secondary N) is 2. The van der Waals surface area contributed by atoms with Gasteiger partial charge < -0.3 is 5.11 Å². The lowest BCUT2D eigenvalue weighted by Gasteiger charge is -2.36. The molecule has 1 aliphatic rings. The first kappa shape index (κ1) is 13.1. The van der Waals surface area contributed by atoms with E-state index in [0.717, 1.165) is 0 Å². The Labute approximate surface area is 97.6 Å². The molecule has 1 fully saturated rings. The van der Waals surface area contributed by atoms with Crippen molar-refractivity contribution < 1.29 is 24.3 Å². The molecule has 4 amide bonds. The number of carbonyl (C=O) groups is 4. The van der Waals surface area contributed by atoms with E-state index >= 15 is 0 Å². The number of rotatable bonds is 4. The molecule has 1 atom stereocenters. The Kier molecular flexibility index (Phi) is 3.50. The van der Waals surface area contributed by atoms with Crippen LogP contribution < -0.4 is 10.6 Å². The Bertz CT molecular complexity index is 370. The summed E-state index contributed by atoms with van der Waals surface area (Å²) in [5.41, 5.74) is -1.71. The van der Waals surface area contributed by atoms with Gasteiger partial charge in [-0.1, -0.05) is 20.3 Å². The molecule has 94 valence electrons. The predicted molar refractivity (Wildman–Crippen MR) is 55.8 cm³/mol. The highest BCUT2D eigenvalue weighted by atomic mass is 16.4. The number of imide groups is 2. The standard InChI is InChI=1S/C10H14N2O5/c1-3-5(2)10(4-6(13)14)7(15)11-9(17)12-8(10)16/h5H,3-4H2,1-2H3,(H,13,14)(H2,11,12,15,16,17). The maximum atomic E-state index is 11.8. The molecule has 0 bridgehead atoms. The van der Waals surface area contributed by atoms with Gasteiger partial charge in [0.2, 0.25) is 11.8 Å². The Hall–Kier alpha value is -1.92. The highest BCUT2D eigenvalue weighted by Gasteiger charge is 2.54. The third-order valence-corrected chi connectivity index (χ3v) is 3.15. The van der Waals surface area contributed by atoms with Crippen LogP contribution in [0.1, 0.15) is 26.7 Å². The molecule has 1 heterocycles. The van der Waals surface area contributed by atoms with E-state index in [-0.39, 0.29) is 0 Å². The van der Waals surface area contributed by atoms with Crippen molar-refractivity contribution in [1.29, 1.82) is 0 Å². The fraction of sp³-hybridized carbons (Fsp3) is 0.600. The molecule has 0 aromatic heterocycles. The average molecular weight is 242 g/mol. The molecule has 1 saturated heterocycles. The van der Waals surface area contributed by atoms with Gasteiger partial charge in [0, 0.05) is 0 Å². The van der Waals surface area contributed by atoms with Crippen LogP contribution in [0.15, 0.2) is 0 Å². The van der Waals surface area contributed by atoms with Crippen molar-refractivity contribution in [2.45, 2.75) is 26.7 Å². The molecule has 0 spiro atoms. The van der Waals surface area contributed by atoms with Gasteiger partial charge in [-0.2, -0.15) is 0 Å². The van der Waals surface area contributed by atoms with Crippen LogP contribution in [-0.4, -0.2) is 28.9 Å². The van der Waals surface area contributed by atoms with Crippen LogP contribution in [0, 0.1) is 11.3 Å². The summed E-state index contributed by atoms with van der Waals surface area (Å²) in [6.07, 6.45) is -0.185. The van der Waals surface area contributed by atoms with E-state index in [2.05, 4.69) is 0 Å². The maximum absolute atomic E-state index is 11.8. The number of urea groups is 1. The van der Waals surface area contributed by atoms with Crippen molar-refractivity contribution in [3.8, 4) is 0 Å². The number of carboxylic acid groups (broad SMARTS) is 1. The van der Waals surface area contributed by atoms with Crippen molar-refractivity contribution in [3.63, 3.8) is 0 Å². The van der Waals surface area contributed by atoms with Gasteiger partial charge >= 0.3 is 12.0 Å². The molecular weight excluding hydrogens is 228 g/mol. The summed E-state index contributed by atoms with van der Waals surface area (Å²) in [6, 6.07) is -0.913. The predicted octanol–water partition coefficient (Wildman–Crippen LogP) is -0.140. The van der Waals surface area contributed by atoms with Gasteiger partial charge in [0.15, 0.2) is 0 Å². The van der Waals surface area contributed by atoms with E-state index in [9.17, 15) is 19.2 Å². The van der Waals surface area contributed by atoms with E-state index in [1.165, 1.54) is 0 Å². The largest absolute Gasteiger partial charge is 0.481 e. The number of carbonyl (C=O) groups excluding carboxylic acids is 3. The molecule has 0 aromatic carbocycles. The van der Waals surface area contributed by atoms with Gasteiger partial charge in [0.05, 0.1) is 6.42 Å². The Morgan fingerprint density at radius 1 is 1.29 bits per heavy atom. The molecule has 1 unspecified atom stereocenters. The number of barbiturate groups is 1. The van der Waals surface area contributed by atoms with Gasteiger partial charge in [0.1, 0.15) is 5.41 Å². The van der Waals surface area contributed by atoms with Crippen LogP contribution in [0.2, 0.25) is 0 Å². The second kappa shape index (κ2) is 4.52. The summed E-state index contributed by atoms with van der Waals surface area (Å²) in [7, 11) is 0. The van der Waals surface area contributed by atoms with Crippen LogP contribution in [0.5, 0.6) is 0 Å². The molecule has 0 aromatic rings. The van der Waals surface area contributed by atoms with Crippen molar-refractivity contribution in [2.75, 3.05) is 0 Å². The summed E-state index contributed by atoms with van der Waals surface area (Å²) >= 11 is 0. The molecule has 1 aliphatic heterocycles. The summed E-state index contributed by atoms with van der Waals surface area (Å²) in [6.45, 7) is 3.35. The smallest absolute Gasteiger partial charge is 0.328 e. The van der Waals surface area contributed by atoms with E-state index in [1.807, 2.05) is 10.6 Å². The quantitative estimate of drug-likeness (QED) is 0.594. The monoisotopic (exact) mass is 242 g/mol. The first-order valence-corrected chi connectivity index (χ1v) is 5.23. The van der Waals surface area contributed by atoms with Crippen LogP contribution >= 0.6 is 0 Å². The van der Waals surface area contributed by atoms with E-state index < -0.39 is 41.6 Å². The maximum Gasteiger partial charge on any atom is 0.328 e. The summed E-state index contributed by atoms with van der Waals surface area (Å²) in [4.78, 5) is 45.4. The van der Waals surface area contributed by atoms with Gasteiger partial charge in [-0.15, -0.1) is 0 Å². The van der Waals surface area contributed by atoms with Crippen LogP contribution in [0.25, 0.3) is 0 Å². The zero-order chi connectivity index (χ0) is 13.2. The second-order valence-electron chi connectivity index (χ2n) is 4.09. The van der Waals surface area contributed by atoms with E-state index in [4.69, 9.17) is 5.11 Å². The number of aliphatic carboxylic acids is 1. The fourth-order valence-electron chi connectivity index (χ4n) is 1.93. The minimum absolute atomic E-state index is 0.447. The number of hydrogen-bond donors (Lipinski definition) is 3. The van der Waals surface area contributed by atoms with Crippen LogP contribution in [-0.2, 0) is 14.4 Å². The van der Waals surface area contributed by atoms with Crippen molar-refractivity contribution in [3.05, 3.63) is 0 Å². The van der Waals surface area contributed by atoms with E-state index in [0.29, 0.717) is 6.42 Å². The molecule has 7 heteroatoms. The molecule has 1 rings (SSSR count). The Balaban J connectivity index is 3.20. The average Bonchev–Trinajstić information content (AvgIpc) is 2.22.